The van der Waals surface area contributed by atoms with Crippen LogP contribution in [-0.2, 0) is 22.5 Å². The van der Waals surface area contributed by atoms with Crippen molar-refractivity contribution >= 4 is 0 Å². The van der Waals surface area contributed by atoms with E-state index in [9.17, 15) is 0 Å². The first-order valence-corrected chi connectivity index (χ1v) is 11.9. The summed E-state index contributed by atoms with van der Waals surface area (Å²) in [5, 5.41) is 0. The Morgan fingerprint density at radius 2 is 1.77 bits per heavy atom. The summed E-state index contributed by atoms with van der Waals surface area (Å²) in [5.41, 5.74) is 3.77. The molecule has 2 aromatic carbocycles. The number of aryl methyl sites for hydroxylation is 1. The zero-order chi connectivity index (χ0) is 21.5. The van der Waals surface area contributed by atoms with Gasteiger partial charge in [-0.15, -0.1) is 0 Å². The molecule has 1 aliphatic heterocycles. The Morgan fingerprint density at radius 3 is 2.58 bits per heavy atom. The summed E-state index contributed by atoms with van der Waals surface area (Å²) in [6.45, 7) is 5.76. The minimum Gasteiger partial charge on any atom is -0.496 e. The second-order valence-corrected chi connectivity index (χ2v) is 9.02. The molecule has 0 bridgehead atoms. The molecule has 0 amide bonds. The summed E-state index contributed by atoms with van der Waals surface area (Å²) in [6.07, 6.45) is 7.79. The molecule has 0 N–H and O–H groups in total. The van der Waals surface area contributed by atoms with E-state index in [1.807, 2.05) is 0 Å². The van der Waals surface area contributed by atoms with Gasteiger partial charge in [0.1, 0.15) is 5.75 Å². The summed E-state index contributed by atoms with van der Waals surface area (Å²) < 4.78 is 18.1. The van der Waals surface area contributed by atoms with Gasteiger partial charge in [-0.3, -0.25) is 4.90 Å². The monoisotopic (exact) mass is 423 g/mol. The number of ether oxygens (including phenoxy) is 3. The van der Waals surface area contributed by atoms with E-state index in [1.54, 1.807) is 7.11 Å². The standard InChI is InChI=1S/C27H37NO3/c1-21-18-22(12-13-26(21)29-2)15-17-30-27-11-7-6-10-25(27)28-16-14-24(19-28)31-20-23-8-4-3-5-9-23/h3-5,8-9,12-13,18,24-25,27H,6-7,10-11,14-17,19-20H2,1-2H3/t24-,25?,27-/m0/s1. The van der Waals surface area contributed by atoms with Gasteiger partial charge in [0.15, 0.2) is 0 Å². The summed E-state index contributed by atoms with van der Waals surface area (Å²) in [5.74, 6) is 0.954. The van der Waals surface area contributed by atoms with E-state index in [4.69, 9.17) is 14.2 Å². The lowest BCUT2D eigenvalue weighted by Crippen LogP contribution is -2.46. The fourth-order valence-electron chi connectivity index (χ4n) is 5.09. The molecule has 0 aromatic heterocycles. The van der Waals surface area contributed by atoms with Crippen LogP contribution in [0.25, 0.3) is 0 Å². The molecule has 0 radical (unpaired) electrons. The zero-order valence-electron chi connectivity index (χ0n) is 19.1. The third kappa shape index (κ3) is 6.09. The predicted molar refractivity (Wildman–Crippen MR) is 125 cm³/mol. The van der Waals surface area contributed by atoms with Crippen molar-refractivity contribution in [1.82, 2.24) is 4.90 Å². The fraction of sp³-hybridized carbons (Fsp3) is 0.556. The number of likely N-dealkylation sites (tertiary alicyclic amines) is 1. The highest BCUT2D eigenvalue weighted by Gasteiger charge is 2.35. The largest absolute Gasteiger partial charge is 0.496 e. The van der Waals surface area contributed by atoms with Crippen LogP contribution in [0.3, 0.4) is 0 Å². The number of methoxy groups -OCH3 is 1. The van der Waals surface area contributed by atoms with Crippen LogP contribution in [0.1, 0.15) is 48.8 Å². The van der Waals surface area contributed by atoms with Gasteiger partial charge in [-0.05, 0) is 55.4 Å². The minimum absolute atomic E-state index is 0.338. The number of hydrogen-bond donors (Lipinski definition) is 0. The SMILES string of the molecule is COc1ccc(CCO[C@H]2CCCCC2N2CC[C@H](OCc3ccccc3)C2)cc1C. The Kier molecular flexibility index (Phi) is 8.01. The van der Waals surface area contributed by atoms with Gasteiger partial charge < -0.3 is 14.2 Å². The second kappa shape index (κ2) is 11.1. The molecule has 31 heavy (non-hydrogen) atoms. The van der Waals surface area contributed by atoms with Crippen LogP contribution in [0.15, 0.2) is 48.5 Å². The highest BCUT2D eigenvalue weighted by Crippen LogP contribution is 2.29. The maximum atomic E-state index is 6.46. The van der Waals surface area contributed by atoms with Crippen LogP contribution in [-0.4, -0.2) is 50.0 Å². The zero-order valence-corrected chi connectivity index (χ0v) is 19.1. The first-order chi connectivity index (χ1) is 15.2. The molecule has 4 nitrogen and oxygen atoms in total. The van der Waals surface area contributed by atoms with Gasteiger partial charge in [-0.2, -0.15) is 0 Å². The van der Waals surface area contributed by atoms with Crippen molar-refractivity contribution in [2.75, 3.05) is 26.8 Å². The Balaban J connectivity index is 1.25. The van der Waals surface area contributed by atoms with E-state index in [-0.39, 0.29) is 0 Å². The van der Waals surface area contributed by atoms with Gasteiger partial charge in [0.05, 0.1) is 32.5 Å². The van der Waals surface area contributed by atoms with E-state index in [0.29, 0.717) is 24.9 Å². The Hall–Kier alpha value is -1.88. The van der Waals surface area contributed by atoms with E-state index in [1.165, 1.54) is 42.4 Å². The normalized spacial score (nSPS) is 24.4. The van der Waals surface area contributed by atoms with Gasteiger partial charge in [-0.1, -0.05) is 55.3 Å². The molecule has 1 saturated carbocycles. The number of benzene rings is 2. The molecule has 1 aliphatic carbocycles. The number of hydrogen-bond acceptors (Lipinski definition) is 4. The molecule has 4 rings (SSSR count). The molecular weight excluding hydrogens is 386 g/mol. The summed E-state index contributed by atoms with van der Waals surface area (Å²) in [4.78, 5) is 2.64. The van der Waals surface area contributed by atoms with Gasteiger partial charge in [-0.25, -0.2) is 0 Å². The molecule has 0 spiro atoms. The predicted octanol–water partition coefficient (Wildman–Crippen LogP) is 5.17. The van der Waals surface area contributed by atoms with Gasteiger partial charge in [0.25, 0.3) is 0 Å². The van der Waals surface area contributed by atoms with Gasteiger partial charge in [0.2, 0.25) is 0 Å². The molecular formula is C27H37NO3. The van der Waals surface area contributed by atoms with Gasteiger partial charge in [0, 0.05) is 19.1 Å². The maximum absolute atomic E-state index is 6.46. The van der Waals surface area contributed by atoms with Gasteiger partial charge >= 0.3 is 0 Å². The fourth-order valence-corrected chi connectivity index (χ4v) is 5.09. The van der Waals surface area contributed by atoms with Crippen LogP contribution >= 0.6 is 0 Å². The quantitative estimate of drug-likeness (QED) is 0.557. The van der Waals surface area contributed by atoms with Crippen molar-refractivity contribution in [1.29, 1.82) is 0 Å². The average molecular weight is 424 g/mol. The lowest BCUT2D eigenvalue weighted by Gasteiger charge is -2.38. The molecule has 168 valence electrons. The molecule has 1 saturated heterocycles. The third-order valence-corrected chi connectivity index (χ3v) is 6.82. The molecule has 3 atom stereocenters. The van der Waals surface area contributed by atoms with Crippen molar-refractivity contribution < 1.29 is 14.2 Å². The van der Waals surface area contributed by atoms with E-state index < -0.39 is 0 Å². The maximum Gasteiger partial charge on any atom is 0.121 e. The van der Waals surface area contributed by atoms with E-state index >= 15 is 0 Å². The van der Waals surface area contributed by atoms with Crippen molar-refractivity contribution in [2.45, 2.75) is 70.3 Å². The summed E-state index contributed by atoms with van der Waals surface area (Å²) in [6, 6.07) is 17.5. The highest BCUT2D eigenvalue weighted by molar-refractivity contribution is 5.36. The Labute approximate surface area is 187 Å². The first kappa shape index (κ1) is 22.3. The summed E-state index contributed by atoms with van der Waals surface area (Å²) in [7, 11) is 1.73. The lowest BCUT2D eigenvalue weighted by molar-refractivity contribution is -0.0352. The lowest BCUT2D eigenvalue weighted by atomic mass is 9.91. The van der Waals surface area contributed by atoms with E-state index in [0.717, 1.165) is 38.3 Å². The molecule has 2 aromatic rings. The smallest absolute Gasteiger partial charge is 0.121 e. The van der Waals surface area contributed by atoms with Crippen LogP contribution in [0.4, 0.5) is 0 Å². The molecule has 1 heterocycles. The van der Waals surface area contributed by atoms with Crippen molar-refractivity contribution in [2.24, 2.45) is 0 Å². The van der Waals surface area contributed by atoms with Crippen molar-refractivity contribution in [3.05, 3.63) is 65.2 Å². The topological polar surface area (TPSA) is 30.9 Å². The average Bonchev–Trinajstić information content (AvgIpc) is 3.28. The van der Waals surface area contributed by atoms with Crippen LogP contribution in [0, 0.1) is 6.92 Å². The van der Waals surface area contributed by atoms with Crippen LogP contribution in [0.2, 0.25) is 0 Å². The molecule has 1 unspecified atom stereocenters. The van der Waals surface area contributed by atoms with Crippen LogP contribution in [0.5, 0.6) is 5.75 Å². The minimum atomic E-state index is 0.338. The number of rotatable bonds is 9. The van der Waals surface area contributed by atoms with Crippen molar-refractivity contribution in [3.8, 4) is 5.75 Å². The second-order valence-electron chi connectivity index (χ2n) is 9.02. The van der Waals surface area contributed by atoms with Crippen molar-refractivity contribution in [3.63, 3.8) is 0 Å². The molecule has 2 fully saturated rings. The Bertz CT molecular complexity index is 809. The third-order valence-electron chi connectivity index (χ3n) is 6.82. The van der Waals surface area contributed by atoms with Crippen LogP contribution < -0.4 is 4.74 Å². The first-order valence-electron chi connectivity index (χ1n) is 11.9. The summed E-state index contributed by atoms with van der Waals surface area (Å²) >= 11 is 0. The highest BCUT2D eigenvalue weighted by atomic mass is 16.5. The Morgan fingerprint density at radius 1 is 0.935 bits per heavy atom. The molecule has 2 aliphatic rings. The number of nitrogens with zero attached hydrogens (tertiary/aromatic N) is 1. The molecule has 4 heteroatoms. The van der Waals surface area contributed by atoms with E-state index in [2.05, 4.69) is 60.4 Å².